The number of alkyl halides is 3. The van der Waals surface area contributed by atoms with Crippen LogP contribution in [0, 0.1) is 6.92 Å². The van der Waals surface area contributed by atoms with Gasteiger partial charge in [0.2, 0.25) is 0 Å². The summed E-state index contributed by atoms with van der Waals surface area (Å²) in [4.78, 5) is 3.33. The quantitative estimate of drug-likeness (QED) is 0.764. The average molecular weight is 399 g/mol. The van der Waals surface area contributed by atoms with E-state index in [0.717, 1.165) is 17.7 Å². The van der Waals surface area contributed by atoms with Gasteiger partial charge in [0.05, 0.1) is 21.8 Å². The molecule has 0 radical (unpaired) electrons. The van der Waals surface area contributed by atoms with Crippen molar-refractivity contribution in [3.8, 4) is 11.1 Å². The van der Waals surface area contributed by atoms with Crippen molar-refractivity contribution in [2.45, 2.75) is 48.6 Å². The van der Waals surface area contributed by atoms with E-state index in [0.29, 0.717) is 18.4 Å². The molecule has 2 aromatic rings. The Morgan fingerprint density at radius 3 is 2.44 bits per heavy atom. The molecule has 1 aliphatic rings. The Morgan fingerprint density at radius 1 is 1.11 bits per heavy atom. The van der Waals surface area contributed by atoms with Crippen LogP contribution in [0.2, 0.25) is 0 Å². The maximum absolute atomic E-state index is 13.7. The lowest BCUT2D eigenvalue weighted by molar-refractivity contribution is -0.139. The monoisotopic (exact) mass is 399 g/mol. The number of methoxy groups -OCH3 is 1. The summed E-state index contributed by atoms with van der Waals surface area (Å²) in [7, 11) is -2.64. The van der Waals surface area contributed by atoms with Crippen LogP contribution in [0.3, 0.4) is 0 Å². The maximum Gasteiger partial charge on any atom is 0.417 e. The molecule has 0 amide bonds. The molecule has 1 aromatic heterocycles. The van der Waals surface area contributed by atoms with Gasteiger partial charge in [0.25, 0.3) is 0 Å². The minimum absolute atomic E-state index is 0.208. The average Bonchev–Trinajstić information content (AvgIpc) is 3.10. The number of benzene rings is 1. The Hall–Kier alpha value is -1.93. The molecule has 4 nitrogen and oxygen atoms in total. The molecule has 1 saturated carbocycles. The Labute approximate surface area is 156 Å². The van der Waals surface area contributed by atoms with Gasteiger partial charge in [-0.1, -0.05) is 6.07 Å². The number of ether oxygens (including phenoxy) is 1. The van der Waals surface area contributed by atoms with Gasteiger partial charge in [-0.2, -0.15) is 13.2 Å². The molecule has 0 unspecified atom stereocenters. The first-order chi connectivity index (χ1) is 12.6. The minimum Gasteiger partial charge on any atom is -0.381 e. The van der Waals surface area contributed by atoms with Crippen LogP contribution in [0.15, 0.2) is 41.6 Å². The van der Waals surface area contributed by atoms with E-state index < -0.39 is 31.7 Å². The summed E-state index contributed by atoms with van der Waals surface area (Å²) in [5.74, 6) is 0. The van der Waals surface area contributed by atoms with Crippen molar-refractivity contribution in [1.82, 2.24) is 4.98 Å². The van der Waals surface area contributed by atoms with Crippen molar-refractivity contribution in [2.24, 2.45) is 0 Å². The Bertz CT molecular complexity index is 941. The van der Waals surface area contributed by atoms with Gasteiger partial charge in [-0.15, -0.1) is 0 Å². The third kappa shape index (κ3) is 4.01. The molecule has 1 aliphatic carbocycles. The third-order valence-corrected chi connectivity index (χ3v) is 7.18. The predicted octanol–water partition coefficient (Wildman–Crippen LogP) is 4.42. The summed E-state index contributed by atoms with van der Waals surface area (Å²) >= 11 is 0. The van der Waals surface area contributed by atoms with E-state index in [2.05, 4.69) is 4.98 Å². The first-order valence-corrected chi connectivity index (χ1v) is 10.1. The van der Waals surface area contributed by atoms with Crippen LogP contribution in [0.1, 0.15) is 30.4 Å². The van der Waals surface area contributed by atoms with E-state index in [1.807, 2.05) is 0 Å². The normalized spacial score (nSPS) is 20.8. The number of hydrogen-bond acceptors (Lipinski definition) is 4. The van der Waals surface area contributed by atoms with Gasteiger partial charge < -0.3 is 4.74 Å². The molecule has 0 bridgehead atoms. The Kier molecular flexibility index (Phi) is 5.31. The van der Waals surface area contributed by atoms with Crippen LogP contribution < -0.4 is 0 Å². The van der Waals surface area contributed by atoms with Gasteiger partial charge in [0.15, 0.2) is 9.84 Å². The summed E-state index contributed by atoms with van der Waals surface area (Å²) in [5.41, 5.74) is 0.445. The fraction of sp³-hybridized carbons (Fsp3) is 0.421. The smallest absolute Gasteiger partial charge is 0.381 e. The first kappa shape index (κ1) is 19.8. The summed E-state index contributed by atoms with van der Waals surface area (Å²) in [6.07, 6.45) is -0.946. The van der Waals surface area contributed by atoms with E-state index in [1.165, 1.54) is 19.4 Å². The molecule has 1 heterocycles. The number of halogens is 3. The highest BCUT2D eigenvalue weighted by Gasteiger charge is 2.42. The summed E-state index contributed by atoms with van der Waals surface area (Å²) in [6, 6.07) is 5.07. The van der Waals surface area contributed by atoms with Crippen LogP contribution in [-0.4, -0.2) is 31.9 Å². The lowest BCUT2D eigenvalue weighted by Gasteiger charge is -2.18. The number of sulfone groups is 1. The molecule has 1 aromatic carbocycles. The van der Waals surface area contributed by atoms with Crippen LogP contribution in [0.25, 0.3) is 11.1 Å². The third-order valence-electron chi connectivity index (χ3n) is 4.91. The molecule has 27 heavy (non-hydrogen) atoms. The van der Waals surface area contributed by atoms with E-state index in [1.54, 1.807) is 19.2 Å². The second-order valence-corrected chi connectivity index (χ2v) is 8.99. The van der Waals surface area contributed by atoms with Crippen molar-refractivity contribution >= 4 is 9.84 Å². The molecule has 8 heteroatoms. The lowest BCUT2D eigenvalue weighted by atomic mass is 10.0. The molecule has 0 aliphatic heterocycles. The van der Waals surface area contributed by atoms with E-state index in [-0.39, 0.29) is 18.1 Å². The molecule has 146 valence electrons. The summed E-state index contributed by atoms with van der Waals surface area (Å²) in [6.45, 7) is 1.78. The van der Waals surface area contributed by atoms with Crippen LogP contribution >= 0.6 is 0 Å². The molecular weight excluding hydrogens is 379 g/mol. The molecule has 2 atom stereocenters. The van der Waals surface area contributed by atoms with Crippen molar-refractivity contribution in [3.05, 3.63) is 47.8 Å². The lowest BCUT2D eigenvalue weighted by Crippen LogP contribution is -2.23. The zero-order valence-corrected chi connectivity index (χ0v) is 15.8. The van der Waals surface area contributed by atoms with Crippen molar-refractivity contribution in [2.75, 3.05) is 7.11 Å². The van der Waals surface area contributed by atoms with E-state index in [9.17, 15) is 21.6 Å². The van der Waals surface area contributed by atoms with Gasteiger partial charge in [-0.25, -0.2) is 8.42 Å². The second kappa shape index (κ2) is 7.24. The topological polar surface area (TPSA) is 56.3 Å². The van der Waals surface area contributed by atoms with Crippen molar-refractivity contribution in [1.29, 1.82) is 0 Å². The molecule has 3 rings (SSSR count). The van der Waals surface area contributed by atoms with E-state index >= 15 is 0 Å². The molecular formula is C19H20F3NO3S. The van der Waals surface area contributed by atoms with Gasteiger partial charge in [0.1, 0.15) is 0 Å². The highest BCUT2D eigenvalue weighted by molar-refractivity contribution is 7.92. The number of nitrogens with zero attached hydrogens (tertiary/aromatic N) is 1. The SMILES string of the molecule is CO[C@H]1CC[C@H](S(=O)(=O)c2ccc(-c3cncc(C)c3)cc2C(F)(F)F)C1. The predicted molar refractivity (Wildman–Crippen MR) is 95.0 cm³/mol. The fourth-order valence-electron chi connectivity index (χ4n) is 3.47. The molecule has 0 N–H and O–H groups in total. The first-order valence-electron chi connectivity index (χ1n) is 8.53. The summed E-state index contributed by atoms with van der Waals surface area (Å²) < 4.78 is 72.0. The van der Waals surface area contributed by atoms with Crippen LogP contribution in [0.5, 0.6) is 0 Å². The van der Waals surface area contributed by atoms with Crippen LogP contribution in [0.4, 0.5) is 13.2 Å². The maximum atomic E-state index is 13.7. The standard InChI is InChI=1S/C19H20F3NO3S/c1-12-7-14(11-23-10-12)13-3-6-18(17(8-13)19(20,21)22)27(24,25)16-5-4-15(9-16)26-2/h3,6-8,10-11,15-16H,4-5,9H2,1-2H3/t15-,16-/m0/s1. The number of pyridine rings is 1. The van der Waals surface area contributed by atoms with Gasteiger partial charge in [-0.05, 0) is 55.5 Å². The van der Waals surface area contributed by atoms with E-state index in [4.69, 9.17) is 4.74 Å². The number of aryl methyl sites for hydroxylation is 1. The summed E-state index contributed by atoms with van der Waals surface area (Å²) in [5, 5.41) is -0.866. The zero-order valence-electron chi connectivity index (χ0n) is 15.0. The Balaban J connectivity index is 2.08. The number of hydrogen-bond donors (Lipinski definition) is 0. The minimum atomic E-state index is -4.78. The molecule has 0 spiro atoms. The van der Waals surface area contributed by atoms with Gasteiger partial charge in [0, 0.05) is 25.1 Å². The van der Waals surface area contributed by atoms with Crippen molar-refractivity contribution < 1.29 is 26.3 Å². The zero-order chi connectivity index (χ0) is 19.8. The van der Waals surface area contributed by atoms with Crippen LogP contribution in [-0.2, 0) is 20.8 Å². The van der Waals surface area contributed by atoms with Crippen molar-refractivity contribution in [3.63, 3.8) is 0 Å². The molecule has 0 saturated heterocycles. The highest BCUT2D eigenvalue weighted by atomic mass is 32.2. The number of aromatic nitrogens is 1. The highest BCUT2D eigenvalue weighted by Crippen LogP contribution is 2.40. The number of rotatable bonds is 4. The fourth-order valence-corrected chi connectivity index (χ4v) is 5.48. The largest absolute Gasteiger partial charge is 0.417 e. The Morgan fingerprint density at radius 2 is 1.85 bits per heavy atom. The van der Waals surface area contributed by atoms with Gasteiger partial charge in [-0.3, -0.25) is 4.98 Å². The molecule has 1 fully saturated rings. The van der Waals surface area contributed by atoms with Gasteiger partial charge >= 0.3 is 6.18 Å². The second-order valence-electron chi connectivity index (χ2n) is 6.80.